The van der Waals surface area contributed by atoms with E-state index in [0.717, 1.165) is 32.1 Å². The molecule has 0 aliphatic rings. The minimum absolute atomic E-state index is 0.219. The van der Waals surface area contributed by atoms with E-state index in [4.69, 9.17) is 10.2 Å². The summed E-state index contributed by atoms with van der Waals surface area (Å²) in [6.45, 7) is 0.842. The van der Waals surface area contributed by atoms with Crippen LogP contribution >= 0.6 is 0 Å². The Morgan fingerprint density at radius 3 is 1.34 bits per heavy atom. The van der Waals surface area contributed by atoms with Gasteiger partial charge in [-0.15, -0.1) is 0 Å². The SMILES string of the molecule is CCCCCCCCCCC/C=C/CCCCCCCCC[N+](CC(=O)[O-])(CC(=O)O)CC(=O)O. The quantitative estimate of drug-likeness (QED) is 0.0949. The van der Waals surface area contributed by atoms with Crippen LogP contribution in [0.2, 0.25) is 0 Å². The van der Waals surface area contributed by atoms with Crippen molar-refractivity contribution in [3.8, 4) is 0 Å². The molecule has 0 aliphatic carbocycles. The van der Waals surface area contributed by atoms with Gasteiger partial charge in [0, 0.05) is 0 Å². The molecule has 0 fully saturated rings. The monoisotopic (exact) mass is 497 g/mol. The third-order valence-corrected chi connectivity index (χ3v) is 6.55. The first-order valence-corrected chi connectivity index (χ1v) is 13.9. The number of carbonyl (C=O) groups is 3. The summed E-state index contributed by atoms with van der Waals surface area (Å²) in [4.78, 5) is 33.4. The molecule has 0 aromatic rings. The minimum atomic E-state index is -1.42. The van der Waals surface area contributed by atoms with Crippen LogP contribution in [0, 0.1) is 0 Å². The largest absolute Gasteiger partial charge is 0.544 e. The highest BCUT2D eigenvalue weighted by Crippen LogP contribution is 2.14. The van der Waals surface area contributed by atoms with Gasteiger partial charge in [-0.3, -0.25) is 0 Å². The number of carbonyl (C=O) groups excluding carboxylic acids is 1. The van der Waals surface area contributed by atoms with E-state index in [9.17, 15) is 19.5 Å². The summed E-state index contributed by atoms with van der Waals surface area (Å²) in [5.41, 5.74) is 0. The van der Waals surface area contributed by atoms with Gasteiger partial charge >= 0.3 is 11.9 Å². The molecule has 2 N–H and O–H groups in total. The fourth-order valence-electron chi connectivity index (χ4n) is 4.65. The molecule has 0 spiro atoms. The first-order valence-electron chi connectivity index (χ1n) is 13.9. The third-order valence-electron chi connectivity index (χ3n) is 6.55. The van der Waals surface area contributed by atoms with Gasteiger partial charge in [-0.2, -0.15) is 0 Å². The Bertz CT molecular complexity index is 549. The molecule has 7 nitrogen and oxygen atoms in total. The number of quaternary nitrogens is 1. The van der Waals surface area contributed by atoms with Crippen LogP contribution in [0.5, 0.6) is 0 Å². The van der Waals surface area contributed by atoms with E-state index in [1.165, 1.54) is 77.0 Å². The second kappa shape index (κ2) is 22.6. The Morgan fingerprint density at radius 2 is 0.971 bits per heavy atom. The van der Waals surface area contributed by atoms with Gasteiger partial charge in [-0.05, 0) is 38.5 Å². The van der Waals surface area contributed by atoms with Crippen molar-refractivity contribution in [1.29, 1.82) is 0 Å². The Balaban J connectivity index is 3.74. The lowest BCUT2D eigenvalue weighted by atomic mass is 10.1. The minimum Gasteiger partial charge on any atom is -0.544 e. The van der Waals surface area contributed by atoms with Gasteiger partial charge in [0.2, 0.25) is 0 Å². The van der Waals surface area contributed by atoms with Crippen LogP contribution in [0.1, 0.15) is 122 Å². The molecule has 0 aromatic heterocycles. The van der Waals surface area contributed by atoms with Gasteiger partial charge in [-0.1, -0.05) is 96.1 Å². The summed E-state index contributed by atoms with van der Waals surface area (Å²) < 4.78 is -0.502. The fourth-order valence-corrected chi connectivity index (χ4v) is 4.65. The third kappa shape index (κ3) is 22.3. The maximum absolute atomic E-state index is 11.2. The fraction of sp³-hybridized carbons (Fsp3) is 0.821. The van der Waals surface area contributed by atoms with E-state index in [-0.39, 0.29) is 6.54 Å². The Hall–Kier alpha value is -1.89. The van der Waals surface area contributed by atoms with Crippen molar-refractivity contribution < 1.29 is 34.2 Å². The van der Waals surface area contributed by atoms with Crippen LogP contribution in [0.4, 0.5) is 0 Å². The summed E-state index contributed by atoms with van der Waals surface area (Å²) in [5, 5.41) is 29.3. The lowest BCUT2D eigenvalue weighted by molar-refractivity contribution is -0.909. The maximum Gasteiger partial charge on any atom is 0.359 e. The highest BCUT2D eigenvalue weighted by atomic mass is 16.4. The van der Waals surface area contributed by atoms with Crippen molar-refractivity contribution in [2.24, 2.45) is 0 Å². The van der Waals surface area contributed by atoms with Crippen molar-refractivity contribution in [3.63, 3.8) is 0 Å². The molecule has 0 heterocycles. The van der Waals surface area contributed by atoms with Gasteiger partial charge in [0.1, 0.15) is 6.54 Å². The topological polar surface area (TPSA) is 115 Å². The van der Waals surface area contributed by atoms with E-state index >= 15 is 0 Å². The lowest BCUT2D eigenvalue weighted by Gasteiger charge is -2.36. The Morgan fingerprint density at radius 1 is 0.600 bits per heavy atom. The average Bonchev–Trinajstić information content (AvgIpc) is 2.76. The summed E-state index contributed by atoms with van der Waals surface area (Å²) in [6, 6.07) is 0. The van der Waals surface area contributed by atoms with Gasteiger partial charge < -0.3 is 24.6 Å². The average molecular weight is 498 g/mol. The predicted molar refractivity (Wildman–Crippen MR) is 138 cm³/mol. The molecular weight excluding hydrogens is 446 g/mol. The molecule has 0 atom stereocenters. The number of unbranched alkanes of at least 4 members (excludes halogenated alkanes) is 16. The zero-order valence-corrected chi connectivity index (χ0v) is 22.2. The smallest absolute Gasteiger partial charge is 0.359 e. The molecule has 0 unspecified atom stereocenters. The first kappa shape index (κ1) is 33.1. The van der Waals surface area contributed by atoms with Crippen LogP contribution in [-0.2, 0) is 14.4 Å². The maximum atomic E-state index is 11.2. The molecule has 0 aromatic carbocycles. The summed E-state index contributed by atoms with van der Waals surface area (Å²) >= 11 is 0. The van der Waals surface area contributed by atoms with Crippen molar-refractivity contribution in [2.75, 3.05) is 26.2 Å². The van der Waals surface area contributed by atoms with Crippen LogP contribution in [0.3, 0.4) is 0 Å². The summed E-state index contributed by atoms with van der Waals surface area (Å²) in [5.74, 6) is -3.82. The van der Waals surface area contributed by atoms with Gasteiger partial charge in [0.15, 0.2) is 13.1 Å². The lowest BCUT2D eigenvalue weighted by Crippen LogP contribution is -2.59. The van der Waals surface area contributed by atoms with Gasteiger partial charge in [0.05, 0.1) is 12.5 Å². The number of nitrogens with zero attached hydrogens (tertiary/aromatic N) is 1. The summed E-state index contributed by atoms with van der Waals surface area (Å²) in [7, 11) is 0. The molecular formula is C28H51NO6. The number of carboxylic acid groups (broad SMARTS) is 3. The highest BCUT2D eigenvalue weighted by Gasteiger charge is 2.33. The molecule has 7 heteroatoms. The standard InChI is InChI=1S/C28H51NO6/c1-2-3-4-5-6-7-8-9-10-11-12-13-14-15-16-17-18-19-20-21-22-29(23-26(30)31,24-27(32)33)25-28(34)35/h12-13H,2-11,14-25H2,1H3,(H2-,30,31,32,33,34,35)/b13-12+. The van der Waals surface area contributed by atoms with Crippen LogP contribution < -0.4 is 5.11 Å². The van der Waals surface area contributed by atoms with Crippen molar-refractivity contribution in [2.45, 2.75) is 122 Å². The molecule has 204 valence electrons. The Labute approximate surface area is 213 Å². The van der Waals surface area contributed by atoms with Crippen molar-refractivity contribution in [1.82, 2.24) is 0 Å². The molecule has 0 saturated carbocycles. The van der Waals surface area contributed by atoms with E-state index < -0.39 is 42.0 Å². The van der Waals surface area contributed by atoms with Gasteiger partial charge in [-0.25, -0.2) is 9.59 Å². The molecule has 0 bridgehead atoms. The second-order valence-corrected chi connectivity index (χ2v) is 10.1. The molecule has 0 amide bonds. The second-order valence-electron chi connectivity index (χ2n) is 10.1. The molecule has 0 aliphatic heterocycles. The Kier molecular flexibility index (Phi) is 21.3. The first-order chi connectivity index (χ1) is 16.8. The van der Waals surface area contributed by atoms with Gasteiger partial charge in [0.25, 0.3) is 0 Å². The number of hydrogen-bond donors (Lipinski definition) is 2. The highest BCUT2D eigenvalue weighted by molar-refractivity contribution is 5.72. The van der Waals surface area contributed by atoms with E-state index in [1.807, 2.05) is 0 Å². The van der Waals surface area contributed by atoms with Crippen molar-refractivity contribution in [3.05, 3.63) is 12.2 Å². The van der Waals surface area contributed by atoms with E-state index in [0.29, 0.717) is 6.42 Å². The van der Waals surface area contributed by atoms with Crippen LogP contribution in [0.15, 0.2) is 12.2 Å². The molecule has 0 saturated heterocycles. The van der Waals surface area contributed by atoms with Crippen LogP contribution in [0.25, 0.3) is 0 Å². The molecule has 35 heavy (non-hydrogen) atoms. The predicted octanol–water partition coefficient (Wildman–Crippen LogP) is 5.32. The van der Waals surface area contributed by atoms with E-state index in [2.05, 4.69) is 19.1 Å². The van der Waals surface area contributed by atoms with Crippen molar-refractivity contribution >= 4 is 17.9 Å². The molecule has 0 radical (unpaired) electrons. The number of allylic oxidation sites excluding steroid dienone is 2. The summed E-state index contributed by atoms with van der Waals surface area (Å²) in [6.07, 6.45) is 26.3. The number of hydrogen-bond acceptors (Lipinski definition) is 4. The number of rotatable bonds is 26. The zero-order valence-electron chi connectivity index (χ0n) is 22.2. The number of aliphatic carboxylic acids is 3. The zero-order chi connectivity index (χ0) is 26.2. The van der Waals surface area contributed by atoms with E-state index in [1.54, 1.807) is 0 Å². The normalized spacial score (nSPS) is 11.8. The molecule has 0 rings (SSSR count). The van der Waals surface area contributed by atoms with Crippen LogP contribution in [-0.4, -0.2) is 58.8 Å². The number of carboxylic acids is 3.